The van der Waals surface area contributed by atoms with Crippen molar-refractivity contribution in [3.8, 4) is 5.75 Å². The minimum absolute atomic E-state index is 0.0107. The van der Waals surface area contributed by atoms with Crippen molar-refractivity contribution >= 4 is 23.5 Å². The molecule has 136 valence electrons. The maximum Gasteiger partial charge on any atom is 0.319 e. The molecule has 3 aliphatic rings. The van der Waals surface area contributed by atoms with Gasteiger partial charge in [0.1, 0.15) is 5.75 Å². The van der Waals surface area contributed by atoms with Crippen LogP contribution in [0, 0.1) is 5.92 Å². The minimum atomic E-state index is 0.0107. The highest BCUT2D eigenvalue weighted by molar-refractivity contribution is 6.32. The number of nitrogens with zero attached hydrogens (tertiary/aromatic N) is 3. The number of carbonyl (C=O) groups is 2. The standard InChI is InChI=1S/C18H24ClN3O3/c1-20(2)18(25)21-9-13-3-5-14(11-21)22(10-13)17(24)8-12-4-6-16(23)15(19)7-12/h4,6-7,13-14,23H,3,5,8-11H2,1-2H3/t13-,14+/m1/s1. The molecule has 1 aromatic carbocycles. The van der Waals surface area contributed by atoms with Crippen LogP contribution in [0.2, 0.25) is 5.02 Å². The number of urea groups is 1. The molecule has 3 saturated heterocycles. The minimum Gasteiger partial charge on any atom is -0.506 e. The lowest BCUT2D eigenvalue weighted by Crippen LogP contribution is -2.49. The molecular weight excluding hydrogens is 342 g/mol. The number of phenols is 1. The van der Waals surface area contributed by atoms with E-state index in [4.69, 9.17) is 11.6 Å². The number of carbonyl (C=O) groups excluding carboxylic acids is 2. The van der Waals surface area contributed by atoms with E-state index in [-0.39, 0.29) is 35.2 Å². The molecule has 1 aromatic rings. The van der Waals surface area contributed by atoms with Crippen LogP contribution in [-0.4, -0.2) is 71.5 Å². The predicted molar refractivity (Wildman–Crippen MR) is 95.7 cm³/mol. The van der Waals surface area contributed by atoms with E-state index in [1.807, 2.05) is 9.80 Å². The summed E-state index contributed by atoms with van der Waals surface area (Å²) in [7, 11) is 3.51. The van der Waals surface area contributed by atoms with Gasteiger partial charge in [0, 0.05) is 39.8 Å². The predicted octanol–water partition coefficient (Wildman–Crippen LogP) is 2.19. The SMILES string of the molecule is CN(C)C(=O)N1C[C@H]2CC[C@@H](C1)N(C(=O)Cc1ccc(O)c(Cl)c1)C2. The Bertz CT molecular complexity index is 680. The van der Waals surface area contributed by atoms with Crippen molar-refractivity contribution in [2.24, 2.45) is 5.92 Å². The van der Waals surface area contributed by atoms with Crippen molar-refractivity contribution in [1.29, 1.82) is 0 Å². The lowest BCUT2D eigenvalue weighted by atomic mass is 9.94. The van der Waals surface area contributed by atoms with Gasteiger partial charge in [-0.15, -0.1) is 0 Å². The average molecular weight is 366 g/mol. The van der Waals surface area contributed by atoms with Crippen molar-refractivity contribution in [2.75, 3.05) is 33.7 Å². The first kappa shape index (κ1) is 17.9. The first-order valence-electron chi connectivity index (χ1n) is 8.58. The molecule has 1 N–H and O–H groups in total. The van der Waals surface area contributed by atoms with Crippen LogP contribution >= 0.6 is 11.6 Å². The molecule has 25 heavy (non-hydrogen) atoms. The number of hydrogen-bond donors (Lipinski definition) is 1. The first-order chi connectivity index (χ1) is 11.8. The maximum absolute atomic E-state index is 12.8. The van der Waals surface area contributed by atoms with Crippen molar-refractivity contribution in [2.45, 2.75) is 25.3 Å². The van der Waals surface area contributed by atoms with Crippen molar-refractivity contribution in [1.82, 2.24) is 14.7 Å². The maximum atomic E-state index is 12.8. The normalized spacial score (nSPS) is 22.7. The quantitative estimate of drug-likeness (QED) is 0.873. The second-order valence-electron chi connectivity index (χ2n) is 7.19. The number of aromatic hydroxyl groups is 1. The van der Waals surface area contributed by atoms with Gasteiger partial charge in [0.05, 0.1) is 11.4 Å². The van der Waals surface area contributed by atoms with E-state index in [9.17, 15) is 14.7 Å². The van der Waals surface area contributed by atoms with Crippen LogP contribution in [0.25, 0.3) is 0 Å². The smallest absolute Gasteiger partial charge is 0.319 e. The highest BCUT2D eigenvalue weighted by Gasteiger charge is 2.38. The fourth-order valence-electron chi connectivity index (χ4n) is 3.76. The Hall–Kier alpha value is -1.95. The van der Waals surface area contributed by atoms with E-state index < -0.39 is 0 Å². The summed E-state index contributed by atoms with van der Waals surface area (Å²) in [5, 5.41) is 9.76. The molecule has 0 saturated carbocycles. The van der Waals surface area contributed by atoms with Gasteiger partial charge in [0.25, 0.3) is 0 Å². The molecule has 0 unspecified atom stereocenters. The molecular formula is C18H24ClN3O3. The second kappa shape index (κ2) is 7.12. The largest absolute Gasteiger partial charge is 0.506 e. The number of phenolic OH excluding ortho intramolecular Hbond substituents is 1. The van der Waals surface area contributed by atoms with E-state index in [0.717, 1.165) is 18.4 Å². The average Bonchev–Trinajstić information content (AvgIpc) is 2.89. The van der Waals surface area contributed by atoms with E-state index >= 15 is 0 Å². The number of rotatable bonds is 2. The lowest BCUT2D eigenvalue weighted by Gasteiger charge is -2.36. The third-order valence-corrected chi connectivity index (χ3v) is 5.36. The van der Waals surface area contributed by atoms with Crippen LogP contribution < -0.4 is 0 Å². The molecule has 3 aliphatic heterocycles. The van der Waals surface area contributed by atoms with Crippen LogP contribution in [0.4, 0.5) is 4.79 Å². The van der Waals surface area contributed by atoms with Crippen LogP contribution in [-0.2, 0) is 11.2 Å². The van der Waals surface area contributed by atoms with Gasteiger partial charge >= 0.3 is 6.03 Å². The van der Waals surface area contributed by atoms with E-state index in [1.165, 1.54) is 6.07 Å². The van der Waals surface area contributed by atoms with Gasteiger partial charge in [-0.05, 0) is 36.5 Å². The van der Waals surface area contributed by atoms with Gasteiger partial charge in [0.2, 0.25) is 5.91 Å². The Labute approximate surface area is 152 Å². The molecule has 0 radical (unpaired) electrons. The summed E-state index contributed by atoms with van der Waals surface area (Å²) in [5.74, 6) is 0.398. The summed E-state index contributed by atoms with van der Waals surface area (Å²) < 4.78 is 0. The second-order valence-corrected chi connectivity index (χ2v) is 7.60. The van der Waals surface area contributed by atoms with Gasteiger partial charge < -0.3 is 19.8 Å². The number of halogens is 1. The van der Waals surface area contributed by atoms with Gasteiger partial charge in [-0.1, -0.05) is 17.7 Å². The van der Waals surface area contributed by atoms with Gasteiger partial charge in [-0.2, -0.15) is 0 Å². The molecule has 0 spiro atoms. The summed E-state index contributed by atoms with van der Waals surface area (Å²) in [6.45, 7) is 2.00. The molecule has 0 aromatic heterocycles. The molecule has 3 amide bonds. The summed E-state index contributed by atoms with van der Waals surface area (Å²) in [4.78, 5) is 30.5. The van der Waals surface area contributed by atoms with Gasteiger partial charge in [-0.3, -0.25) is 4.79 Å². The fourth-order valence-corrected chi connectivity index (χ4v) is 3.97. The molecule has 3 fully saturated rings. The monoisotopic (exact) mass is 365 g/mol. The summed E-state index contributed by atoms with van der Waals surface area (Å²) in [6, 6.07) is 4.94. The van der Waals surface area contributed by atoms with Crippen LogP contribution in [0.5, 0.6) is 5.75 Å². The van der Waals surface area contributed by atoms with Crippen LogP contribution in [0.3, 0.4) is 0 Å². The molecule has 3 heterocycles. The zero-order valence-corrected chi connectivity index (χ0v) is 15.4. The number of fused-ring (bicyclic) bond motifs is 4. The Morgan fingerprint density at radius 1 is 1.24 bits per heavy atom. The highest BCUT2D eigenvalue weighted by Crippen LogP contribution is 2.30. The number of hydrogen-bond acceptors (Lipinski definition) is 3. The van der Waals surface area contributed by atoms with Crippen molar-refractivity contribution in [3.63, 3.8) is 0 Å². The summed E-state index contributed by atoms with van der Waals surface area (Å²) in [6.07, 6.45) is 2.24. The van der Waals surface area contributed by atoms with Crippen LogP contribution in [0.15, 0.2) is 18.2 Å². The van der Waals surface area contributed by atoms with E-state index in [1.54, 1.807) is 31.1 Å². The summed E-state index contributed by atoms with van der Waals surface area (Å²) >= 11 is 5.93. The third-order valence-electron chi connectivity index (χ3n) is 5.05. The molecule has 0 aliphatic carbocycles. The summed E-state index contributed by atoms with van der Waals surface area (Å²) in [5.41, 5.74) is 0.786. The Kier molecular flexibility index (Phi) is 5.08. The molecule has 2 bridgehead atoms. The van der Waals surface area contributed by atoms with Gasteiger partial charge in [0.15, 0.2) is 0 Å². The van der Waals surface area contributed by atoms with Gasteiger partial charge in [-0.25, -0.2) is 4.79 Å². The molecule has 2 atom stereocenters. The molecule has 4 rings (SSSR count). The Morgan fingerprint density at radius 2 is 2.00 bits per heavy atom. The Balaban J connectivity index is 1.71. The highest BCUT2D eigenvalue weighted by atomic mass is 35.5. The topological polar surface area (TPSA) is 64.1 Å². The van der Waals surface area contributed by atoms with E-state index in [0.29, 0.717) is 25.6 Å². The van der Waals surface area contributed by atoms with Crippen LogP contribution in [0.1, 0.15) is 18.4 Å². The van der Waals surface area contributed by atoms with Crippen molar-refractivity contribution < 1.29 is 14.7 Å². The fraction of sp³-hybridized carbons (Fsp3) is 0.556. The number of piperidine rings is 1. The van der Waals surface area contributed by atoms with E-state index in [2.05, 4.69) is 0 Å². The zero-order chi connectivity index (χ0) is 18.1. The first-order valence-corrected chi connectivity index (χ1v) is 8.96. The third kappa shape index (κ3) is 3.84. The van der Waals surface area contributed by atoms with Crippen molar-refractivity contribution in [3.05, 3.63) is 28.8 Å². The number of benzene rings is 1. The zero-order valence-electron chi connectivity index (χ0n) is 14.6. The Morgan fingerprint density at radius 3 is 2.68 bits per heavy atom. The molecule has 7 heteroatoms. The molecule has 6 nitrogen and oxygen atoms in total. The lowest BCUT2D eigenvalue weighted by molar-refractivity contribution is -0.134. The number of amides is 3.